The smallest absolute Gasteiger partial charge is 0.309 e. The van der Waals surface area contributed by atoms with Gasteiger partial charge in [-0.05, 0) is 12.1 Å². The van der Waals surface area contributed by atoms with Crippen LogP contribution in [0.25, 0.3) is 0 Å². The second-order valence-corrected chi connectivity index (χ2v) is 5.32. The fraction of sp³-hybridized carbons (Fsp3) is 0.385. The van der Waals surface area contributed by atoms with Crippen molar-refractivity contribution in [1.29, 1.82) is 0 Å². The molecule has 0 spiro atoms. The molecule has 0 aliphatic carbocycles. The molecule has 0 saturated heterocycles. The molecule has 1 aromatic carbocycles. The molecule has 1 atom stereocenters. The van der Waals surface area contributed by atoms with Crippen LogP contribution in [0, 0.1) is 16.0 Å². The quantitative estimate of drug-likeness (QED) is 0.372. The monoisotopic (exact) mass is 312 g/mol. The van der Waals surface area contributed by atoms with Crippen LogP contribution in [0.2, 0.25) is 0 Å². The van der Waals surface area contributed by atoms with E-state index in [0.717, 1.165) is 11.8 Å². The number of carbonyl (C=O) groups is 2. The van der Waals surface area contributed by atoms with E-state index in [1.807, 2.05) is 0 Å². The number of nitrogens with one attached hydrogen (secondary N) is 1. The van der Waals surface area contributed by atoms with Crippen LogP contribution in [-0.4, -0.2) is 36.7 Å². The SMILES string of the molecule is CNC(=O)c1ccc([N+](=O)[O-])c(SCC(C)C(=O)OC)c1. The van der Waals surface area contributed by atoms with E-state index in [2.05, 4.69) is 10.1 Å². The Balaban J connectivity index is 2.99. The number of hydrogen-bond acceptors (Lipinski definition) is 6. The standard InChI is InChI=1S/C13H16N2O5S/c1-8(13(17)20-3)7-21-11-6-9(12(16)14-2)4-5-10(11)15(18)19/h4-6,8H,7H2,1-3H3,(H,14,16). The van der Waals surface area contributed by atoms with Crippen molar-refractivity contribution in [3.8, 4) is 0 Å². The zero-order chi connectivity index (χ0) is 16.0. The number of amides is 1. The third-order valence-electron chi connectivity index (χ3n) is 2.74. The van der Waals surface area contributed by atoms with E-state index < -0.39 is 10.8 Å². The normalized spacial score (nSPS) is 11.6. The van der Waals surface area contributed by atoms with Crippen LogP contribution in [0.5, 0.6) is 0 Å². The highest BCUT2D eigenvalue weighted by Gasteiger charge is 2.20. The van der Waals surface area contributed by atoms with Crippen molar-refractivity contribution >= 4 is 29.3 Å². The van der Waals surface area contributed by atoms with Crippen LogP contribution in [-0.2, 0) is 9.53 Å². The number of thioether (sulfide) groups is 1. The lowest BCUT2D eigenvalue weighted by Crippen LogP contribution is -2.18. The van der Waals surface area contributed by atoms with E-state index >= 15 is 0 Å². The molecule has 21 heavy (non-hydrogen) atoms. The van der Waals surface area contributed by atoms with E-state index in [-0.39, 0.29) is 17.6 Å². The molecule has 0 aliphatic rings. The van der Waals surface area contributed by atoms with Gasteiger partial charge in [-0.15, -0.1) is 11.8 Å². The van der Waals surface area contributed by atoms with Crippen molar-refractivity contribution in [1.82, 2.24) is 5.32 Å². The van der Waals surface area contributed by atoms with Crippen LogP contribution in [0.4, 0.5) is 5.69 Å². The summed E-state index contributed by atoms with van der Waals surface area (Å²) in [4.78, 5) is 33.8. The first-order valence-corrected chi connectivity index (χ1v) is 7.10. The van der Waals surface area contributed by atoms with Gasteiger partial charge < -0.3 is 10.1 Å². The Labute approximate surface area is 126 Å². The maximum Gasteiger partial charge on any atom is 0.309 e. The number of esters is 1. The Morgan fingerprint density at radius 1 is 1.48 bits per heavy atom. The molecule has 1 amide bonds. The van der Waals surface area contributed by atoms with Crippen molar-refractivity contribution in [2.75, 3.05) is 19.9 Å². The van der Waals surface area contributed by atoms with Crippen LogP contribution >= 0.6 is 11.8 Å². The molecule has 1 N–H and O–H groups in total. The molecular weight excluding hydrogens is 296 g/mol. The van der Waals surface area contributed by atoms with Gasteiger partial charge in [0.1, 0.15) is 0 Å². The number of nitro groups is 1. The van der Waals surface area contributed by atoms with E-state index in [9.17, 15) is 19.7 Å². The number of benzene rings is 1. The van der Waals surface area contributed by atoms with Crippen LogP contribution < -0.4 is 5.32 Å². The lowest BCUT2D eigenvalue weighted by Gasteiger charge is -2.09. The van der Waals surface area contributed by atoms with Gasteiger partial charge in [-0.3, -0.25) is 19.7 Å². The second-order valence-electron chi connectivity index (χ2n) is 4.25. The van der Waals surface area contributed by atoms with E-state index in [0.29, 0.717) is 16.2 Å². The number of hydrogen-bond donors (Lipinski definition) is 1. The van der Waals surface area contributed by atoms with E-state index in [4.69, 9.17) is 0 Å². The molecule has 0 radical (unpaired) electrons. The first-order chi connectivity index (χ1) is 9.90. The Morgan fingerprint density at radius 2 is 2.14 bits per heavy atom. The highest BCUT2D eigenvalue weighted by atomic mass is 32.2. The fourth-order valence-electron chi connectivity index (χ4n) is 1.55. The lowest BCUT2D eigenvalue weighted by molar-refractivity contribution is -0.387. The van der Waals surface area contributed by atoms with Gasteiger partial charge in [0.15, 0.2) is 0 Å². The summed E-state index contributed by atoms with van der Waals surface area (Å²) in [5, 5.41) is 13.5. The van der Waals surface area contributed by atoms with Gasteiger partial charge in [0.2, 0.25) is 0 Å². The average Bonchev–Trinajstić information content (AvgIpc) is 2.50. The van der Waals surface area contributed by atoms with Gasteiger partial charge in [0.25, 0.3) is 11.6 Å². The Kier molecular flexibility index (Phi) is 6.16. The lowest BCUT2D eigenvalue weighted by atomic mass is 10.2. The molecule has 0 heterocycles. The van der Waals surface area contributed by atoms with E-state index in [1.165, 1.54) is 32.4 Å². The molecule has 8 heteroatoms. The minimum absolute atomic E-state index is 0.0929. The van der Waals surface area contributed by atoms with Crippen LogP contribution in [0.15, 0.2) is 23.1 Å². The molecular formula is C13H16N2O5S. The van der Waals surface area contributed by atoms with Gasteiger partial charge in [-0.2, -0.15) is 0 Å². The largest absolute Gasteiger partial charge is 0.469 e. The molecule has 1 unspecified atom stereocenters. The molecule has 0 bridgehead atoms. The fourth-order valence-corrected chi connectivity index (χ4v) is 2.62. The molecule has 7 nitrogen and oxygen atoms in total. The van der Waals surface area contributed by atoms with Gasteiger partial charge in [0, 0.05) is 24.4 Å². The van der Waals surface area contributed by atoms with Gasteiger partial charge in [-0.25, -0.2) is 0 Å². The van der Waals surface area contributed by atoms with Gasteiger partial charge >= 0.3 is 5.97 Å². The van der Waals surface area contributed by atoms with Crippen molar-refractivity contribution in [3.63, 3.8) is 0 Å². The predicted molar refractivity (Wildman–Crippen MR) is 78.4 cm³/mol. The number of nitro benzene ring substituents is 1. The van der Waals surface area contributed by atoms with E-state index in [1.54, 1.807) is 6.92 Å². The summed E-state index contributed by atoms with van der Waals surface area (Å²) in [6, 6.07) is 4.13. The van der Waals surface area contributed by atoms with Crippen molar-refractivity contribution in [2.24, 2.45) is 5.92 Å². The molecule has 0 saturated carbocycles. The summed E-state index contributed by atoms with van der Waals surface area (Å²) in [5.41, 5.74) is 0.237. The van der Waals surface area contributed by atoms with Crippen molar-refractivity contribution < 1.29 is 19.2 Å². The summed E-state index contributed by atoms with van der Waals surface area (Å²) < 4.78 is 4.61. The third kappa shape index (κ3) is 4.45. The highest BCUT2D eigenvalue weighted by molar-refractivity contribution is 7.99. The summed E-state index contributed by atoms with van der Waals surface area (Å²) in [6.07, 6.45) is 0. The topological polar surface area (TPSA) is 98.5 Å². The molecule has 1 aromatic rings. The number of methoxy groups -OCH3 is 1. The molecule has 1 rings (SSSR count). The summed E-state index contributed by atoms with van der Waals surface area (Å²) >= 11 is 1.15. The van der Waals surface area contributed by atoms with Crippen molar-refractivity contribution in [3.05, 3.63) is 33.9 Å². The Morgan fingerprint density at radius 3 is 2.67 bits per heavy atom. The third-order valence-corrected chi connectivity index (χ3v) is 4.04. The first kappa shape index (κ1) is 17.0. The average molecular weight is 312 g/mol. The predicted octanol–water partition coefficient (Wildman–Crippen LogP) is 1.86. The molecule has 0 fully saturated rings. The first-order valence-electron chi connectivity index (χ1n) is 6.11. The maximum absolute atomic E-state index is 11.6. The number of ether oxygens (including phenoxy) is 1. The van der Waals surface area contributed by atoms with Crippen LogP contribution in [0.3, 0.4) is 0 Å². The molecule has 114 valence electrons. The summed E-state index contributed by atoms with van der Waals surface area (Å²) in [5.74, 6) is -0.784. The highest BCUT2D eigenvalue weighted by Crippen LogP contribution is 2.31. The van der Waals surface area contributed by atoms with Crippen molar-refractivity contribution in [2.45, 2.75) is 11.8 Å². The Bertz CT molecular complexity index is 561. The van der Waals surface area contributed by atoms with Gasteiger partial charge in [0.05, 0.1) is 22.8 Å². The number of carbonyl (C=O) groups excluding carboxylic acids is 2. The van der Waals surface area contributed by atoms with Crippen LogP contribution in [0.1, 0.15) is 17.3 Å². The van der Waals surface area contributed by atoms with Gasteiger partial charge in [-0.1, -0.05) is 6.92 Å². The number of nitrogens with zero attached hydrogens (tertiary/aromatic N) is 1. The summed E-state index contributed by atoms with van der Waals surface area (Å²) in [7, 11) is 2.77. The molecule has 0 aromatic heterocycles. The molecule has 0 aliphatic heterocycles. The maximum atomic E-state index is 11.6. The number of rotatable bonds is 6. The summed E-state index contributed by atoms with van der Waals surface area (Å²) in [6.45, 7) is 1.67. The zero-order valence-corrected chi connectivity index (χ0v) is 12.7. The zero-order valence-electron chi connectivity index (χ0n) is 11.9. The Hall–Kier alpha value is -2.09. The minimum atomic E-state index is -0.515. The minimum Gasteiger partial charge on any atom is -0.469 e. The second kappa shape index (κ2) is 7.63.